The summed E-state index contributed by atoms with van der Waals surface area (Å²) in [6.07, 6.45) is 12.1. The van der Waals surface area contributed by atoms with Gasteiger partial charge >= 0.3 is 0 Å². The number of pyridine rings is 1. The molecular formula is C24H30ClN5. The second kappa shape index (κ2) is 8.34. The largest absolute Gasteiger partial charge is 0.316 e. The second-order valence-corrected chi connectivity index (χ2v) is 9.80. The summed E-state index contributed by atoms with van der Waals surface area (Å²) in [6.45, 7) is 5.42. The average Bonchev–Trinajstić information content (AvgIpc) is 3.46. The highest BCUT2D eigenvalue weighted by Crippen LogP contribution is 2.49. The zero-order chi connectivity index (χ0) is 20.6. The minimum absolute atomic E-state index is 0.327. The maximum Gasteiger partial charge on any atom is 0.129 e. The minimum atomic E-state index is 0.327. The van der Waals surface area contributed by atoms with E-state index in [1.54, 1.807) is 0 Å². The monoisotopic (exact) mass is 423 g/mol. The van der Waals surface area contributed by atoms with Gasteiger partial charge in [-0.1, -0.05) is 23.4 Å². The van der Waals surface area contributed by atoms with Crippen molar-refractivity contribution in [1.82, 2.24) is 25.0 Å². The van der Waals surface area contributed by atoms with Gasteiger partial charge in [-0.3, -0.25) is 4.68 Å². The molecule has 5 rings (SSSR count). The third-order valence-electron chi connectivity index (χ3n) is 7.27. The van der Waals surface area contributed by atoms with Crippen LogP contribution in [0.2, 0.25) is 5.15 Å². The summed E-state index contributed by atoms with van der Waals surface area (Å²) in [7, 11) is 2.23. The van der Waals surface area contributed by atoms with Crippen molar-refractivity contribution >= 4 is 11.6 Å². The van der Waals surface area contributed by atoms with E-state index in [1.165, 1.54) is 37.7 Å². The van der Waals surface area contributed by atoms with E-state index in [4.69, 9.17) is 11.6 Å². The van der Waals surface area contributed by atoms with Gasteiger partial charge in [0.1, 0.15) is 5.15 Å². The first-order valence-corrected chi connectivity index (χ1v) is 11.6. The van der Waals surface area contributed by atoms with Crippen LogP contribution in [-0.2, 0) is 6.54 Å². The number of piperidine rings is 2. The van der Waals surface area contributed by atoms with Crippen molar-refractivity contribution in [2.24, 2.45) is 11.3 Å². The van der Waals surface area contributed by atoms with Crippen LogP contribution in [0, 0.1) is 23.2 Å². The molecule has 2 saturated heterocycles. The lowest BCUT2D eigenvalue weighted by Crippen LogP contribution is -2.49. The Bertz CT molecular complexity index is 959. The number of rotatable bonds is 3. The number of hydrogen-bond donors (Lipinski definition) is 1. The number of nitrogens with zero attached hydrogens (tertiary/aromatic N) is 4. The average molecular weight is 424 g/mol. The molecule has 1 spiro atoms. The lowest BCUT2D eigenvalue weighted by Gasteiger charge is -2.49. The summed E-state index contributed by atoms with van der Waals surface area (Å²) in [5.41, 5.74) is 3.55. The third kappa shape index (κ3) is 4.27. The zero-order valence-corrected chi connectivity index (χ0v) is 18.5. The van der Waals surface area contributed by atoms with Crippen molar-refractivity contribution < 1.29 is 0 Å². The highest BCUT2D eigenvalue weighted by Gasteiger charge is 2.43. The van der Waals surface area contributed by atoms with Gasteiger partial charge in [0.25, 0.3) is 0 Å². The Kier molecular flexibility index (Phi) is 5.58. The fourth-order valence-corrected chi connectivity index (χ4v) is 5.31. The molecule has 1 N–H and O–H groups in total. The first kappa shape index (κ1) is 20.1. The predicted molar refractivity (Wildman–Crippen MR) is 120 cm³/mol. The normalized spacial score (nSPS) is 23.9. The maximum atomic E-state index is 6.36. The van der Waals surface area contributed by atoms with Crippen LogP contribution in [0.1, 0.15) is 54.7 Å². The molecule has 0 bridgehead atoms. The first-order chi connectivity index (χ1) is 14.6. The van der Waals surface area contributed by atoms with Crippen molar-refractivity contribution in [1.29, 1.82) is 0 Å². The van der Waals surface area contributed by atoms with Crippen LogP contribution in [0.5, 0.6) is 0 Å². The molecule has 6 heteroatoms. The molecule has 5 nitrogen and oxygen atoms in total. The summed E-state index contributed by atoms with van der Waals surface area (Å²) in [5.74, 6) is 7.96. The molecule has 2 aliphatic heterocycles. The molecule has 1 unspecified atom stereocenters. The van der Waals surface area contributed by atoms with E-state index in [9.17, 15) is 0 Å². The van der Waals surface area contributed by atoms with Gasteiger partial charge in [-0.25, -0.2) is 4.98 Å². The number of hydrogen-bond acceptors (Lipinski definition) is 4. The Hall–Kier alpha value is -1.87. The van der Waals surface area contributed by atoms with Crippen LogP contribution >= 0.6 is 11.6 Å². The van der Waals surface area contributed by atoms with Crippen molar-refractivity contribution in [2.75, 3.05) is 33.2 Å². The van der Waals surface area contributed by atoms with E-state index in [0.717, 1.165) is 49.8 Å². The molecule has 2 aromatic rings. The van der Waals surface area contributed by atoms with E-state index < -0.39 is 0 Å². The Morgan fingerprint density at radius 1 is 1.20 bits per heavy atom. The van der Waals surface area contributed by atoms with Gasteiger partial charge in [-0.2, -0.15) is 5.10 Å². The summed E-state index contributed by atoms with van der Waals surface area (Å²) in [6, 6.07) is 2.06. The van der Waals surface area contributed by atoms with Crippen LogP contribution < -0.4 is 5.32 Å². The van der Waals surface area contributed by atoms with Crippen molar-refractivity contribution in [2.45, 2.75) is 44.6 Å². The number of aromatic nitrogens is 3. The van der Waals surface area contributed by atoms with E-state index in [-0.39, 0.29) is 0 Å². The lowest BCUT2D eigenvalue weighted by molar-refractivity contribution is 0.0650. The molecule has 30 heavy (non-hydrogen) atoms. The minimum Gasteiger partial charge on any atom is -0.316 e. The van der Waals surface area contributed by atoms with Gasteiger partial charge in [0.2, 0.25) is 0 Å². The molecule has 1 aliphatic carbocycles. The highest BCUT2D eigenvalue weighted by atomic mass is 35.5. The number of nitrogens with one attached hydrogen (secondary N) is 1. The first-order valence-electron chi connectivity index (χ1n) is 11.2. The Balaban J connectivity index is 1.44. The Morgan fingerprint density at radius 3 is 2.83 bits per heavy atom. The number of halogens is 1. The smallest absolute Gasteiger partial charge is 0.129 e. The molecule has 3 fully saturated rings. The zero-order valence-electron chi connectivity index (χ0n) is 17.7. The van der Waals surface area contributed by atoms with Gasteiger partial charge in [-0.15, -0.1) is 0 Å². The van der Waals surface area contributed by atoms with Crippen LogP contribution in [0.15, 0.2) is 24.7 Å². The van der Waals surface area contributed by atoms with Gasteiger partial charge in [0, 0.05) is 37.0 Å². The SMILES string of the molecule is CN1CCC2(CCNCC2c2cc(Cl)ncc2C#Cc2cnn(CC3CC3)c2)CC1. The summed E-state index contributed by atoms with van der Waals surface area (Å²) < 4.78 is 2.03. The second-order valence-electron chi connectivity index (χ2n) is 9.41. The molecule has 158 valence electrons. The van der Waals surface area contributed by atoms with Crippen LogP contribution in [0.25, 0.3) is 0 Å². The molecule has 1 saturated carbocycles. The van der Waals surface area contributed by atoms with E-state index >= 15 is 0 Å². The fraction of sp³-hybridized carbons (Fsp3) is 0.583. The molecule has 3 aliphatic rings. The lowest BCUT2D eigenvalue weighted by atomic mass is 9.62. The quantitative estimate of drug-likeness (QED) is 0.606. The van der Waals surface area contributed by atoms with Gasteiger partial charge < -0.3 is 10.2 Å². The maximum absolute atomic E-state index is 6.36. The Morgan fingerprint density at radius 2 is 2.03 bits per heavy atom. The molecule has 0 aromatic carbocycles. The van der Waals surface area contributed by atoms with E-state index in [1.807, 2.05) is 17.1 Å². The molecular weight excluding hydrogens is 394 g/mol. The molecule has 2 aromatic heterocycles. The topological polar surface area (TPSA) is 46.0 Å². The fourth-order valence-electron chi connectivity index (χ4n) is 5.15. The van der Waals surface area contributed by atoms with Crippen LogP contribution in [0.3, 0.4) is 0 Å². The van der Waals surface area contributed by atoms with Crippen LogP contribution in [-0.4, -0.2) is 52.9 Å². The van der Waals surface area contributed by atoms with E-state index in [0.29, 0.717) is 16.5 Å². The summed E-state index contributed by atoms with van der Waals surface area (Å²) in [5, 5.41) is 8.66. The van der Waals surface area contributed by atoms with Gasteiger partial charge in [0.15, 0.2) is 0 Å². The molecule has 0 amide bonds. The van der Waals surface area contributed by atoms with Crippen molar-refractivity contribution in [3.63, 3.8) is 0 Å². The van der Waals surface area contributed by atoms with E-state index in [2.05, 4.69) is 51.5 Å². The summed E-state index contributed by atoms with van der Waals surface area (Å²) in [4.78, 5) is 6.81. The molecule has 1 atom stereocenters. The van der Waals surface area contributed by atoms with Gasteiger partial charge in [0.05, 0.1) is 11.8 Å². The summed E-state index contributed by atoms with van der Waals surface area (Å²) >= 11 is 6.36. The van der Waals surface area contributed by atoms with Gasteiger partial charge in [-0.05, 0) is 81.7 Å². The highest BCUT2D eigenvalue weighted by molar-refractivity contribution is 6.29. The standard InChI is InChI=1S/C24H30ClN5/c1-29-10-7-24(8-11-29)6-9-26-15-22(24)21-12-23(25)27-14-20(21)5-4-19-13-28-30(17-19)16-18-2-3-18/h12-14,17-18,22,26H,2-3,6-11,15-16H2,1H3. The van der Waals surface area contributed by atoms with Crippen molar-refractivity contribution in [3.05, 3.63) is 46.5 Å². The molecule has 0 radical (unpaired) electrons. The third-order valence-corrected chi connectivity index (χ3v) is 7.47. The van der Waals surface area contributed by atoms with Crippen LogP contribution in [0.4, 0.5) is 0 Å². The Labute approximate surface area is 184 Å². The predicted octanol–water partition coefficient (Wildman–Crippen LogP) is 3.53. The van der Waals surface area contributed by atoms with Crippen molar-refractivity contribution in [3.8, 4) is 11.8 Å². The molecule has 4 heterocycles. The number of likely N-dealkylation sites (tertiary alicyclic amines) is 1.